The average molecular weight is 334 g/mol. The third kappa shape index (κ3) is 4.10. The number of amides is 1. The second-order valence-corrected chi connectivity index (χ2v) is 5.70. The van der Waals surface area contributed by atoms with Crippen molar-refractivity contribution in [3.63, 3.8) is 0 Å². The number of hydrogen-bond donors (Lipinski definition) is 2. The summed E-state index contributed by atoms with van der Waals surface area (Å²) < 4.78 is 0.935. The van der Waals surface area contributed by atoms with Crippen LogP contribution in [-0.4, -0.2) is 11.9 Å². The van der Waals surface area contributed by atoms with Crippen LogP contribution < -0.4 is 10.6 Å². The number of halogens is 1. The van der Waals surface area contributed by atoms with Gasteiger partial charge in [0.25, 0.3) is 5.91 Å². The minimum Gasteiger partial charge on any atom is -0.360 e. The van der Waals surface area contributed by atoms with Crippen molar-refractivity contribution in [3.05, 3.63) is 40.5 Å². The Balaban J connectivity index is 1.98. The molecule has 1 aromatic carbocycles. The lowest BCUT2D eigenvalue weighted by molar-refractivity contribution is -0.117. The highest BCUT2D eigenvalue weighted by Crippen LogP contribution is 2.18. The van der Waals surface area contributed by atoms with Crippen LogP contribution in [0.15, 0.2) is 40.5 Å². The van der Waals surface area contributed by atoms with E-state index < -0.39 is 0 Å². The second kappa shape index (κ2) is 7.11. The van der Waals surface area contributed by atoms with Gasteiger partial charge in [0.05, 0.1) is 0 Å². The number of carbonyl (C=O) groups is 1. The van der Waals surface area contributed by atoms with Crippen LogP contribution in [0.25, 0.3) is 0 Å². The molecule has 1 fully saturated rings. The lowest BCUT2D eigenvalue weighted by Crippen LogP contribution is -2.33. The van der Waals surface area contributed by atoms with E-state index in [0.29, 0.717) is 0 Å². The molecule has 0 aliphatic heterocycles. The predicted molar refractivity (Wildman–Crippen MR) is 81.9 cm³/mol. The normalized spacial score (nSPS) is 15.7. The third-order valence-corrected chi connectivity index (χ3v) is 3.76. The fraction of sp³-hybridized carbons (Fsp3) is 0.333. The topological polar surface area (TPSA) is 64.9 Å². The number of nitrogens with one attached hydrogen (secondary N) is 2. The zero-order valence-electron chi connectivity index (χ0n) is 11.0. The molecule has 0 unspecified atom stereocenters. The Hall–Kier alpha value is -1.80. The fourth-order valence-corrected chi connectivity index (χ4v) is 2.61. The summed E-state index contributed by atoms with van der Waals surface area (Å²) in [6, 6.07) is 9.68. The van der Waals surface area contributed by atoms with E-state index in [1.807, 2.05) is 30.3 Å². The van der Waals surface area contributed by atoms with Crippen molar-refractivity contribution in [3.8, 4) is 6.07 Å². The number of nitriles is 1. The molecule has 0 spiro atoms. The number of anilines is 1. The Bertz CT molecular complexity index is 556. The quantitative estimate of drug-likeness (QED) is 0.656. The molecule has 1 saturated carbocycles. The SMILES string of the molecule is N#C/C(=C/Nc1cccc(Br)c1)C(=O)NC1CCCC1. The summed E-state index contributed by atoms with van der Waals surface area (Å²) in [6.07, 6.45) is 5.75. The predicted octanol–water partition coefficient (Wildman–Crippen LogP) is 3.33. The molecule has 0 bridgehead atoms. The van der Waals surface area contributed by atoms with Crippen LogP contribution in [-0.2, 0) is 4.79 Å². The molecule has 5 heteroatoms. The van der Waals surface area contributed by atoms with E-state index in [1.54, 1.807) is 0 Å². The fourth-order valence-electron chi connectivity index (χ4n) is 2.22. The summed E-state index contributed by atoms with van der Waals surface area (Å²) in [5.41, 5.74) is 0.915. The maximum atomic E-state index is 12.0. The molecule has 20 heavy (non-hydrogen) atoms. The molecule has 2 N–H and O–H groups in total. The number of carbonyl (C=O) groups excluding carboxylic acids is 1. The maximum Gasteiger partial charge on any atom is 0.263 e. The van der Waals surface area contributed by atoms with Crippen LogP contribution in [0.4, 0.5) is 5.69 Å². The highest BCUT2D eigenvalue weighted by Gasteiger charge is 2.19. The molecular formula is C15H16BrN3O. The highest BCUT2D eigenvalue weighted by atomic mass is 79.9. The summed E-state index contributed by atoms with van der Waals surface area (Å²) >= 11 is 3.37. The standard InChI is InChI=1S/C15H16BrN3O/c16-12-4-3-7-14(8-12)18-10-11(9-17)15(20)19-13-5-1-2-6-13/h3-4,7-8,10,13,18H,1-2,5-6H2,(H,19,20)/b11-10-. The molecule has 1 amide bonds. The van der Waals surface area contributed by atoms with Gasteiger partial charge in [-0.2, -0.15) is 5.26 Å². The molecule has 2 rings (SSSR count). The molecule has 0 atom stereocenters. The highest BCUT2D eigenvalue weighted by molar-refractivity contribution is 9.10. The Morgan fingerprint density at radius 1 is 1.40 bits per heavy atom. The molecular weight excluding hydrogens is 318 g/mol. The lowest BCUT2D eigenvalue weighted by atomic mass is 10.2. The first-order chi connectivity index (χ1) is 9.69. The van der Waals surface area contributed by atoms with Crippen molar-refractivity contribution >= 4 is 27.5 Å². The van der Waals surface area contributed by atoms with E-state index in [2.05, 4.69) is 26.6 Å². The Labute approximate surface area is 127 Å². The molecule has 1 aliphatic rings. The van der Waals surface area contributed by atoms with Crippen LogP contribution >= 0.6 is 15.9 Å². The van der Waals surface area contributed by atoms with Crippen molar-refractivity contribution in [1.29, 1.82) is 5.26 Å². The minimum absolute atomic E-state index is 0.0943. The molecule has 1 aromatic rings. The number of hydrogen-bond acceptors (Lipinski definition) is 3. The van der Waals surface area contributed by atoms with Gasteiger partial charge in [-0.05, 0) is 31.0 Å². The second-order valence-electron chi connectivity index (χ2n) is 4.78. The lowest BCUT2D eigenvalue weighted by Gasteiger charge is -2.11. The van der Waals surface area contributed by atoms with Crippen molar-refractivity contribution in [1.82, 2.24) is 5.32 Å². The Kier molecular flexibility index (Phi) is 5.19. The van der Waals surface area contributed by atoms with E-state index in [9.17, 15) is 4.79 Å². The average Bonchev–Trinajstić information content (AvgIpc) is 2.92. The molecule has 0 heterocycles. The van der Waals surface area contributed by atoms with Gasteiger partial charge in [0, 0.05) is 22.4 Å². The van der Waals surface area contributed by atoms with Gasteiger partial charge in [-0.25, -0.2) is 0 Å². The van der Waals surface area contributed by atoms with E-state index in [0.717, 1.165) is 35.8 Å². The number of benzene rings is 1. The first kappa shape index (κ1) is 14.6. The summed E-state index contributed by atoms with van der Waals surface area (Å²) in [5, 5.41) is 14.9. The van der Waals surface area contributed by atoms with Gasteiger partial charge >= 0.3 is 0 Å². The van der Waals surface area contributed by atoms with Crippen molar-refractivity contribution < 1.29 is 4.79 Å². The van der Waals surface area contributed by atoms with Crippen LogP contribution in [0, 0.1) is 11.3 Å². The monoisotopic (exact) mass is 333 g/mol. The Morgan fingerprint density at radius 3 is 2.80 bits per heavy atom. The zero-order valence-corrected chi connectivity index (χ0v) is 12.6. The minimum atomic E-state index is -0.304. The summed E-state index contributed by atoms with van der Waals surface area (Å²) in [4.78, 5) is 12.0. The van der Waals surface area contributed by atoms with Gasteiger partial charge in [0.15, 0.2) is 0 Å². The summed E-state index contributed by atoms with van der Waals surface area (Å²) in [5.74, 6) is -0.304. The third-order valence-electron chi connectivity index (χ3n) is 3.26. The van der Waals surface area contributed by atoms with E-state index in [-0.39, 0.29) is 17.5 Å². The van der Waals surface area contributed by atoms with Crippen LogP contribution in [0.1, 0.15) is 25.7 Å². The van der Waals surface area contributed by atoms with Gasteiger partial charge in [-0.15, -0.1) is 0 Å². The van der Waals surface area contributed by atoms with Crippen molar-refractivity contribution in [2.24, 2.45) is 0 Å². The van der Waals surface area contributed by atoms with Gasteiger partial charge in [0.2, 0.25) is 0 Å². The number of rotatable bonds is 4. The Morgan fingerprint density at radius 2 is 2.15 bits per heavy atom. The molecule has 0 aromatic heterocycles. The van der Waals surface area contributed by atoms with Gasteiger partial charge in [-0.1, -0.05) is 34.8 Å². The van der Waals surface area contributed by atoms with Gasteiger partial charge in [0.1, 0.15) is 11.6 Å². The van der Waals surface area contributed by atoms with E-state index >= 15 is 0 Å². The van der Waals surface area contributed by atoms with Crippen molar-refractivity contribution in [2.75, 3.05) is 5.32 Å². The van der Waals surface area contributed by atoms with Gasteiger partial charge in [-0.3, -0.25) is 4.79 Å². The molecule has 1 aliphatic carbocycles. The molecule has 0 saturated heterocycles. The maximum absolute atomic E-state index is 12.0. The van der Waals surface area contributed by atoms with E-state index in [1.165, 1.54) is 6.20 Å². The smallest absolute Gasteiger partial charge is 0.263 e. The van der Waals surface area contributed by atoms with Crippen LogP contribution in [0.2, 0.25) is 0 Å². The van der Waals surface area contributed by atoms with Crippen molar-refractivity contribution in [2.45, 2.75) is 31.7 Å². The largest absolute Gasteiger partial charge is 0.360 e. The summed E-state index contributed by atoms with van der Waals surface area (Å²) in [7, 11) is 0. The van der Waals surface area contributed by atoms with Crippen LogP contribution in [0.5, 0.6) is 0 Å². The zero-order chi connectivity index (χ0) is 14.4. The molecule has 4 nitrogen and oxygen atoms in total. The molecule has 104 valence electrons. The molecule has 0 radical (unpaired) electrons. The van der Waals surface area contributed by atoms with Gasteiger partial charge < -0.3 is 10.6 Å². The first-order valence-electron chi connectivity index (χ1n) is 6.62. The van der Waals surface area contributed by atoms with E-state index in [4.69, 9.17) is 5.26 Å². The van der Waals surface area contributed by atoms with Crippen LogP contribution in [0.3, 0.4) is 0 Å². The summed E-state index contributed by atoms with van der Waals surface area (Å²) in [6.45, 7) is 0. The number of nitrogens with zero attached hydrogens (tertiary/aromatic N) is 1. The first-order valence-corrected chi connectivity index (χ1v) is 7.41.